The van der Waals surface area contributed by atoms with Crippen LogP contribution < -0.4 is 5.32 Å². The SMILES string of the molecule is CN(C)CCCNC(=O)C1(c2cccc(Br)c2)CC1. The first-order valence-corrected chi connectivity index (χ1v) is 7.53. The van der Waals surface area contributed by atoms with Crippen molar-refractivity contribution in [1.82, 2.24) is 10.2 Å². The van der Waals surface area contributed by atoms with E-state index in [9.17, 15) is 4.79 Å². The van der Waals surface area contributed by atoms with Crippen molar-refractivity contribution >= 4 is 21.8 Å². The van der Waals surface area contributed by atoms with Crippen molar-refractivity contribution < 1.29 is 4.79 Å². The van der Waals surface area contributed by atoms with Crippen molar-refractivity contribution in [2.45, 2.75) is 24.7 Å². The normalized spacial score (nSPS) is 16.4. The molecular weight excluding hydrogens is 304 g/mol. The Morgan fingerprint density at radius 2 is 2.16 bits per heavy atom. The summed E-state index contributed by atoms with van der Waals surface area (Å²) < 4.78 is 1.04. The molecule has 19 heavy (non-hydrogen) atoms. The molecule has 1 saturated carbocycles. The number of rotatable bonds is 6. The monoisotopic (exact) mass is 324 g/mol. The Kier molecular flexibility index (Phi) is 4.63. The number of nitrogens with zero attached hydrogens (tertiary/aromatic N) is 1. The summed E-state index contributed by atoms with van der Waals surface area (Å²) in [7, 11) is 4.09. The van der Waals surface area contributed by atoms with Crippen LogP contribution in [0.5, 0.6) is 0 Å². The Hall–Kier alpha value is -0.870. The largest absolute Gasteiger partial charge is 0.355 e. The van der Waals surface area contributed by atoms with Crippen LogP contribution in [-0.2, 0) is 10.2 Å². The number of halogens is 1. The molecule has 0 saturated heterocycles. The van der Waals surface area contributed by atoms with Crippen molar-refractivity contribution in [3.8, 4) is 0 Å². The minimum Gasteiger partial charge on any atom is -0.355 e. The maximum absolute atomic E-state index is 12.3. The molecule has 4 heteroatoms. The molecule has 1 amide bonds. The van der Waals surface area contributed by atoms with E-state index >= 15 is 0 Å². The average Bonchev–Trinajstić information content (AvgIpc) is 3.15. The van der Waals surface area contributed by atoms with Crippen LogP contribution in [0.15, 0.2) is 28.7 Å². The molecule has 1 aliphatic rings. The summed E-state index contributed by atoms with van der Waals surface area (Å²) in [4.78, 5) is 14.5. The number of carbonyl (C=O) groups excluding carboxylic acids is 1. The quantitative estimate of drug-likeness (QED) is 0.815. The highest BCUT2D eigenvalue weighted by Crippen LogP contribution is 2.48. The van der Waals surface area contributed by atoms with E-state index in [1.54, 1.807) is 0 Å². The second kappa shape index (κ2) is 6.06. The van der Waals surface area contributed by atoms with Gasteiger partial charge in [-0.2, -0.15) is 0 Å². The Morgan fingerprint density at radius 1 is 1.42 bits per heavy atom. The zero-order valence-corrected chi connectivity index (χ0v) is 13.2. The fraction of sp³-hybridized carbons (Fsp3) is 0.533. The topological polar surface area (TPSA) is 32.3 Å². The van der Waals surface area contributed by atoms with Gasteiger partial charge < -0.3 is 10.2 Å². The molecule has 3 nitrogen and oxygen atoms in total. The third-order valence-corrected chi connectivity index (χ3v) is 4.12. The van der Waals surface area contributed by atoms with E-state index in [4.69, 9.17) is 0 Å². The Labute approximate surface area is 123 Å². The summed E-state index contributed by atoms with van der Waals surface area (Å²) in [6, 6.07) is 8.11. The van der Waals surface area contributed by atoms with E-state index in [0.717, 1.165) is 42.4 Å². The van der Waals surface area contributed by atoms with Gasteiger partial charge in [-0.3, -0.25) is 4.79 Å². The van der Waals surface area contributed by atoms with Crippen molar-refractivity contribution in [3.63, 3.8) is 0 Å². The van der Waals surface area contributed by atoms with Crippen molar-refractivity contribution in [2.75, 3.05) is 27.2 Å². The fourth-order valence-corrected chi connectivity index (χ4v) is 2.72. The van der Waals surface area contributed by atoms with Crippen LogP contribution in [-0.4, -0.2) is 38.0 Å². The molecule has 104 valence electrons. The lowest BCUT2D eigenvalue weighted by atomic mass is 9.95. The molecule has 1 aliphatic carbocycles. The highest BCUT2D eigenvalue weighted by molar-refractivity contribution is 9.10. The first-order chi connectivity index (χ1) is 9.04. The molecule has 0 aromatic heterocycles. The lowest BCUT2D eigenvalue weighted by Crippen LogP contribution is -2.36. The molecule has 0 radical (unpaired) electrons. The van der Waals surface area contributed by atoms with Crippen LogP contribution in [0, 0.1) is 0 Å². The van der Waals surface area contributed by atoms with Crippen LogP contribution in [0.3, 0.4) is 0 Å². The predicted octanol–water partition coefficient (Wildman–Crippen LogP) is 2.55. The summed E-state index contributed by atoms with van der Waals surface area (Å²) in [5.41, 5.74) is 0.869. The smallest absolute Gasteiger partial charge is 0.230 e. The molecule has 1 aromatic rings. The molecule has 1 N–H and O–H groups in total. The summed E-state index contributed by atoms with van der Waals surface area (Å²) in [5, 5.41) is 3.08. The molecule has 0 heterocycles. The Bertz CT molecular complexity index is 455. The molecule has 0 spiro atoms. The first kappa shape index (κ1) is 14.5. The lowest BCUT2D eigenvalue weighted by Gasteiger charge is -2.17. The number of nitrogens with one attached hydrogen (secondary N) is 1. The third kappa shape index (κ3) is 3.57. The van der Waals surface area contributed by atoms with Gasteiger partial charge in [-0.25, -0.2) is 0 Å². The number of carbonyl (C=O) groups is 1. The van der Waals surface area contributed by atoms with Gasteiger partial charge in [0, 0.05) is 11.0 Å². The van der Waals surface area contributed by atoms with Crippen molar-refractivity contribution in [2.24, 2.45) is 0 Å². The first-order valence-electron chi connectivity index (χ1n) is 6.74. The number of benzene rings is 1. The van der Waals surface area contributed by atoms with Crippen LogP contribution >= 0.6 is 15.9 Å². The van der Waals surface area contributed by atoms with E-state index in [1.165, 1.54) is 0 Å². The number of hydrogen-bond acceptors (Lipinski definition) is 2. The third-order valence-electron chi connectivity index (χ3n) is 3.63. The van der Waals surface area contributed by atoms with Gasteiger partial charge in [-0.1, -0.05) is 28.1 Å². The summed E-state index contributed by atoms with van der Waals surface area (Å²) in [6.07, 6.45) is 2.92. The lowest BCUT2D eigenvalue weighted by molar-refractivity contribution is -0.123. The second-order valence-electron chi connectivity index (χ2n) is 5.51. The predicted molar refractivity (Wildman–Crippen MR) is 81.2 cm³/mol. The summed E-state index contributed by atoms with van der Waals surface area (Å²) in [6.45, 7) is 1.76. The molecule has 0 unspecified atom stereocenters. The molecule has 1 aromatic carbocycles. The molecule has 1 fully saturated rings. The van der Waals surface area contributed by atoms with E-state index in [1.807, 2.05) is 26.2 Å². The van der Waals surface area contributed by atoms with Gasteiger partial charge in [0.05, 0.1) is 5.41 Å². The molecule has 0 atom stereocenters. The molecular formula is C15H21BrN2O. The van der Waals surface area contributed by atoms with Crippen molar-refractivity contribution in [1.29, 1.82) is 0 Å². The summed E-state index contributed by atoms with van der Waals surface area (Å²) >= 11 is 3.47. The zero-order valence-electron chi connectivity index (χ0n) is 11.6. The Morgan fingerprint density at radius 3 is 2.74 bits per heavy atom. The molecule has 2 rings (SSSR count). The fourth-order valence-electron chi connectivity index (χ4n) is 2.32. The van der Waals surface area contributed by atoms with Crippen LogP contribution in [0.25, 0.3) is 0 Å². The Balaban J connectivity index is 1.91. The van der Waals surface area contributed by atoms with Gasteiger partial charge in [0.15, 0.2) is 0 Å². The van der Waals surface area contributed by atoms with Gasteiger partial charge in [0.2, 0.25) is 5.91 Å². The summed E-state index contributed by atoms with van der Waals surface area (Å²) in [5.74, 6) is 0.185. The van der Waals surface area contributed by atoms with Gasteiger partial charge >= 0.3 is 0 Å². The van der Waals surface area contributed by atoms with E-state index in [2.05, 4.69) is 38.3 Å². The standard InChI is InChI=1S/C15H21BrN2O/c1-18(2)10-4-9-17-14(19)15(7-8-15)12-5-3-6-13(16)11-12/h3,5-6,11H,4,7-10H2,1-2H3,(H,17,19). The minimum atomic E-state index is -0.262. The number of amides is 1. The van der Waals surface area contributed by atoms with Gasteiger partial charge in [-0.15, -0.1) is 0 Å². The van der Waals surface area contributed by atoms with E-state index in [-0.39, 0.29) is 11.3 Å². The van der Waals surface area contributed by atoms with E-state index in [0.29, 0.717) is 0 Å². The van der Waals surface area contributed by atoms with Gasteiger partial charge in [0.25, 0.3) is 0 Å². The average molecular weight is 325 g/mol. The maximum atomic E-state index is 12.3. The minimum absolute atomic E-state index is 0.185. The highest BCUT2D eigenvalue weighted by Gasteiger charge is 2.51. The molecule has 0 bridgehead atoms. The van der Waals surface area contributed by atoms with Gasteiger partial charge in [0.1, 0.15) is 0 Å². The van der Waals surface area contributed by atoms with Crippen molar-refractivity contribution in [3.05, 3.63) is 34.3 Å². The van der Waals surface area contributed by atoms with Crippen LogP contribution in [0.2, 0.25) is 0 Å². The van der Waals surface area contributed by atoms with Crippen LogP contribution in [0.1, 0.15) is 24.8 Å². The van der Waals surface area contributed by atoms with E-state index < -0.39 is 0 Å². The second-order valence-corrected chi connectivity index (χ2v) is 6.42. The van der Waals surface area contributed by atoms with Crippen LogP contribution in [0.4, 0.5) is 0 Å². The highest BCUT2D eigenvalue weighted by atomic mass is 79.9. The van der Waals surface area contributed by atoms with Gasteiger partial charge in [-0.05, 0) is 57.6 Å². The maximum Gasteiger partial charge on any atom is 0.230 e. The molecule has 0 aliphatic heterocycles. The number of hydrogen-bond donors (Lipinski definition) is 1. The zero-order chi connectivity index (χ0) is 13.9.